The molecule has 3 heteroatoms. The normalized spacial score (nSPS) is 12.7. The van der Waals surface area contributed by atoms with E-state index in [0.717, 1.165) is 19.4 Å². The third-order valence-corrected chi connectivity index (χ3v) is 2.07. The van der Waals surface area contributed by atoms with Crippen molar-refractivity contribution in [1.29, 1.82) is 0 Å². The van der Waals surface area contributed by atoms with E-state index in [0.29, 0.717) is 0 Å². The van der Waals surface area contributed by atoms with E-state index in [2.05, 4.69) is 38.3 Å². The van der Waals surface area contributed by atoms with Gasteiger partial charge in [0.05, 0.1) is 5.54 Å². The molecule has 0 aliphatic rings. The van der Waals surface area contributed by atoms with Gasteiger partial charge in [0.2, 0.25) is 5.91 Å². The lowest BCUT2D eigenvalue weighted by Crippen LogP contribution is -2.58. The topological polar surface area (TPSA) is 41.1 Å². The number of carbonyl (C=O) groups excluding carboxylic acids is 1. The van der Waals surface area contributed by atoms with E-state index in [9.17, 15) is 4.79 Å². The zero-order valence-corrected chi connectivity index (χ0v) is 11.0. The second-order valence-electron chi connectivity index (χ2n) is 5.61. The van der Waals surface area contributed by atoms with Crippen molar-refractivity contribution in [3.8, 4) is 0 Å². The molecular weight excluding hydrogens is 188 g/mol. The first-order valence-corrected chi connectivity index (χ1v) is 5.76. The Morgan fingerprint density at radius 2 is 1.67 bits per heavy atom. The molecule has 0 aliphatic carbocycles. The van der Waals surface area contributed by atoms with Crippen LogP contribution in [0.25, 0.3) is 0 Å². The fourth-order valence-corrected chi connectivity index (χ4v) is 1.59. The van der Waals surface area contributed by atoms with Crippen molar-refractivity contribution in [2.75, 3.05) is 6.54 Å². The van der Waals surface area contributed by atoms with E-state index in [1.807, 2.05) is 13.8 Å². The van der Waals surface area contributed by atoms with Gasteiger partial charge in [0.25, 0.3) is 0 Å². The zero-order valence-electron chi connectivity index (χ0n) is 11.0. The van der Waals surface area contributed by atoms with Crippen molar-refractivity contribution >= 4 is 5.91 Å². The van der Waals surface area contributed by atoms with Crippen molar-refractivity contribution in [1.82, 2.24) is 10.6 Å². The van der Waals surface area contributed by atoms with Crippen LogP contribution in [-0.2, 0) is 4.79 Å². The Balaban J connectivity index is 4.14. The van der Waals surface area contributed by atoms with Gasteiger partial charge in [-0.2, -0.15) is 0 Å². The average Bonchev–Trinajstić information content (AvgIpc) is 2.00. The maximum atomic E-state index is 11.8. The Hall–Kier alpha value is -0.570. The Labute approximate surface area is 94.0 Å². The van der Waals surface area contributed by atoms with Gasteiger partial charge in [0.1, 0.15) is 0 Å². The number of hydrogen-bond acceptors (Lipinski definition) is 2. The van der Waals surface area contributed by atoms with E-state index in [1.165, 1.54) is 0 Å². The number of nitrogens with one attached hydrogen (secondary N) is 2. The SMILES string of the molecule is CCCCNC(=O)C(C)(C)NC(C)(C)C. The molecule has 0 saturated carbocycles. The molecule has 0 atom stereocenters. The molecule has 3 nitrogen and oxygen atoms in total. The molecule has 0 rings (SSSR count). The van der Waals surface area contributed by atoms with E-state index in [4.69, 9.17) is 0 Å². The van der Waals surface area contributed by atoms with Crippen LogP contribution in [0.2, 0.25) is 0 Å². The molecule has 0 aromatic heterocycles. The molecule has 0 bridgehead atoms. The summed E-state index contributed by atoms with van der Waals surface area (Å²) in [4.78, 5) is 11.8. The Bertz CT molecular complexity index is 204. The van der Waals surface area contributed by atoms with Gasteiger partial charge in [-0.05, 0) is 41.0 Å². The van der Waals surface area contributed by atoms with Gasteiger partial charge < -0.3 is 5.32 Å². The predicted octanol–water partition coefficient (Wildman–Crippen LogP) is 2.07. The molecule has 0 aliphatic heterocycles. The van der Waals surface area contributed by atoms with Gasteiger partial charge in [-0.15, -0.1) is 0 Å². The number of amides is 1. The standard InChI is InChI=1S/C12H26N2O/c1-7-8-9-13-10(15)12(5,6)14-11(2,3)4/h14H,7-9H2,1-6H3,(H,13,15). The van der Waals surface area contributed by atoms with E-state index in [-0.39, 0.29) is 11.4 Å². The lowest BCUT2D eigenvalue weighted by molar-refractivity contribution is -0.127. The highest BCUT2D eigenvalue weighted by atomic mass is 16.2. The van der Waals surface area contributed by atoms with E-state index in [1.54, 1.807) is 0 Å². The summed E-state index contributed by atoms with van der Waals surface area (Å²) in [5.41, 5.74) is -0.558. The highest BCUT2D eigenvalue weighted by molar-refractivity contribution is 5.85. The fraction of sp³-hybridized carbons (Fsp3) is 0.917. The van der Waals surface area contributed by atoms with Crippen LogP contribution >= 0.6 is 0 Å². The molecule has 90 valence electrons. The molecule has 0 aromatic carbocycles. The van der Waals surface area contributed by atoms with Crippen molar-refractivity contribution in [2.24, 2.45) is 0 Å². The molecule has 15 heavy (non-hydrogen) atoms. The zero-order chi connectivity index (χ0) is 12.1. The molecule has 0 heterocycles. The van der Waals surface area contributed by atoms with Crippen LogP contribution in [0, 0.1) is 0 Å². The number of unbranched alkanes of at least 4 members (excludes halogenated alkanes) is 1. The predicted molar refractivity (Wildman–Crippen MR) is 64.9 cm³/mol. The minimum absolute atomic E-state index is 0.0500. The minimum Gasteiger partial charge on any atom is -0.355 e. The first kappa shape index (κ1) is 14.4. The molecular formula is C12H26N2O. The second kappa shape index (κ2) is 5.50. The van der Waals surface area contributed by atoms with Crippen LogP contribution < -0.4 is 10.6 Å². The summed E-state index contributed by atoms with van der Waals surface area (Å²) >= 11 is 0. The molecule has 0 unspecified atom stereocenters. The van der Waals surface area contributed by atoms with E-state index >= 15 is 0 Å². The molecule has 0 aromatic rings. The van der Waals surface area contributed by atoms with Gasteiger partial charge in [0, 0.05) is 12.1 Å². The summed E-state index contributed by atoms with van der Waals surface area (Å²) in [7, 11) is 0. The van der Waals surface area contributed by atoms with Crippen LogP contribution in [0.5, 0.6) is 0 Å². The first-order valence-electron chi connectivity index (χ1n) is 5.76. The molecule has 1 amide bonds. The molecule has 0 spiro atoms. The minimum atomic E-state index is -0.508. The monoisotopic (exact) mass is 214 g/mol. The number of carbonyl (C=O) groups is 1. The molecule has 0 fully saturated rings. The number of rotatable bonds is 5. The van der Waals surface area contributed by atoms with Gasteiger partial charge in [0.15, 0.2) is 0 Å². The molecule has 0 radical (unpaired) electrons. The highest BCUT2D eigenvalue weighted by Gasteiger charge is 2.30. The molecule has 0 saturated heterocycles. The van der Waals surface area contributed by atoms with Crippen LogP contribution in [0.1, 0.15) is 54.4 Å². The maximum absolute atomic E-state index is 11.8. The summed E-state index contributed by atoms with van der Waals surface area (Å²) < 4.78 is 0. The van der Waals surface area contributed by atoms with Crippen LogP contribution in [0.15, 0.2) is 0 Å². The average molecular weight is 214 g/mol. The Morgan fingerprint density at radius 1 is 1.13 bits per heavy atom. The Kier molecular flexibility index (Phi) is 5.29. The summed E-state index contributed by atoms with van der Waals surface area (Å²) in [6.07, 6.45) is 2.14. The second-order valence-corrected chi connectivity index (χ2v) is 5.61. The maximum Gasteiger partial charge on any atom is 0.239 e. The van der Waals surface area contributed by atoms with Gasteiger partial charge >= 0.3 is 0 Å². The molecule has 2 N–H and O–H groups in total. The van der Waals surface area contributed by atoms with Gasteiger partial charge in [-0.1, -0.05) is 13.3 Å². The first-order chi connectivity index (χ1) is 6.69. The fourth-order valence-electron chi connectivity index (χ4n) is 1.59. The summed E-state index contributed by atoms with van der Waals surface area (Å²) in [5, 5.41) is 6.26. The van der Waals surface area contributed by atoms with Crippen molar-refractivity contribution in [3.05, 3.63) is 0 Å². The Morgan fingerprint density at radius 3 is 2.07 bits per heavy atom. The smallest absolute Gasteiger partial charge is 0.239 e. The van der Waals surface area contributed by atoms with Crippen molar-refractivity contribution in [3.63, 3.8) is 0 Å². The van der Waals surface area contributed by atoms with Crippen LogP contribution in [0.4, 0.5) is 0 Å². The lowest BCUT2D eigenvalue weighted by atomic mass is 9.98. The summed E-state index contributed by atoms with van der Waals surface area (Å²) in [6, 6.07) is 0. The highest BCUT2D eigenvalue weighted by Crippen LogP contribution is 2.10. The third-order valence-electron chi connectivity index (χ3n) is 2.07. The van der Waals surface area contributed by atoms with Gasteiger partial charge in [-0.3, -0.25) is 10.1 Å². The van der Waals surface area contributed by atoms with Crippen molar-refractivity contribution < 1.29 is 4.79 Å². The third kappa shape index (κ3) is 6.50. The largest absolute Gasteiger partial charge is 0.355 e. The van der Waals surface area contributed by atoms with E-state index < -0.39 is 5.54 Å². The van der Waals surface area contributed by atoms with Crippen LogP contribution in [-0.4, -0.2) is 23.5 Å². The van der Waals surface area contributed by atoms with Crippen LogP contribution in [0.3, 0.4) is 0 Å². The quantitative estimate of drug-likeness (QED) is 0.688. The summed E-state index contributed by atoms with van der Waals surface area (Å²) in [6.45, 7) is 12.9. The summed E-state index contributed by atoms with van der Waals surface area (Å²) in [5.74, 6) is 0.0749. The number of hydrogen-bond donors (Lipinski definition) is 2. The van der Waals surface area contributed by atoms with Gasteiger partial charge in [-0.25, -0.2) is 0 Å². The van der Waals surface area contributed by atoms with Crippen molar-refractivity contribution in [2.45, 2.75) is 65.5 Å². The lowest BCUT2D eigenvalue weighted by Gasteiger charge is -2.33.